The number of hydrogen-bond donors (Lipinski definition) is 1. The van der Waals surface area contributed by atoms with Crippen molar-refractivity contribution >= 4 is 11.4 Å². The van der Waals surface area contributed by atoms with Gasteiger partial charge in [-0.25, -0.2) is 0 Å². The quantitative estimate of drug-likeness (QED) is 0.492. The maximum Gasteiger partial charge on any atom is 0.296 e. The number of anilines is 1. The van der Waals surface area contributed by atoms with Crippen LogP contribution in [0.3, 0.4) is 0 Å². The zero-order chi connectivity index (χ0) is 13.5. The summed E-state index contributed by atoms with van der Waals surface area (Å²) < 4.78 is 4.88. The molecule has 0 saturated carbocycles. The molecule has 0 bridgehead atoms. The van der Waals surface area contributed by atoms with Crippen LogP contribution in [0.4, 0.5) is 11.4 Å². The van der Waals surface area contributed by atoms with Crippen LogP contribution in [0.15, 0.2) is 30.0 Å². The molecule has 7 nitrogen and oxygen atoms in total. The van der Waals surface area contributed by atoms with Gasteiger partial charge >= 0.3 is 0 Å². The number of benzene rings is 1. The molecular formula is C11H8N4O3. The number of nitriles is 2. The van der Waals surface area contributed by atoms with Gasteiger partial charge in [-0.1, -0.05) is 0 Å². The lowest BCUT2D eigenvalue weighted by molar-refractivity contribution is -0.384. The molecule has 0 amide bonds. The second kappa shape index (κ2) is 5.87. The van der Waals surface area contributed by atoms with Crippen LogP contribution in [0.2, 0.25) is 0 Å². The van der Waals surface area contributed by atoms with Crippen LogP contribution < -0.4 is 10.1 Å². The molecule has 0 radical (unpaired) electrons. The molecule has 1 N–H and O–H groups in total. The summed E-state index contributed by atoms with van der Waals surface area (Å²) in [6, 6.07) is 7.48. The van der Waals surface area contributed by atoms with Crippen molar-refractivity contribution < 1.29 is 9.66 Å². The van der Waals surface area contributed by atoms with Gasteiger partial charge in [0.05, 0.1) is 18.1 Å². The van der Waals surface area contributed by atoms with Crippen LogP contribution in [0.25, 0.3) is 0 Å². The van der Waals surface area contributed by atoms with E-state index in [-0.39, 0.29) is 16.9 Å². The van der Waals surface area contributed by atoms with Crippen molar-refractivity contribution in [3.63, 3.8) is 0 Å². The Morgan fingerprint density at radius 1 is 1.50 bits per heavy atom. The number of nitrogens with zero attached hydrogens (tertiary/aromatic N) is 3. The highest BCUT2D eigenvalue weighted by Crippen LogP contribution is 2.28. The van der Waals surface area contributed by atoms with Crippen LogP contribution >= 0.6 is 0 Å². The first kappa shape index (κ1) is 13.0. The molecule has 1 aromatic carbocycles. The number of hydrogen-bond acceptors (Lipinski definition) is 6. The smallest absolute Gasteiger partial charge is 0.296 e. The van der Waals surface area contributed by atoms with Gasteiger partial charge in [0, 0.05) is 6.20 Å². The molecule has 18 heavy (non-hydrogen) atoms. The predicted octanol–water partition coefficient (Wildman–Crippen LogP) is 1.95. The normalized spacial score (nSPS) is 8.61. The topological polar surface area (TPSA) is 112 Å². The van der Waals surface area contributed by atoms with Crippen molar-refractivity contribution in [2.45, 2.75) is 0 Å². The Morgan fingerprint density at radius 2 is 2.17 bits per heavy atom. The van der Waals surface area contributed by atoms with Gasteiger partial charge in [0.25, 0.3) is 5.69 Å². The average Bonchev–Trinajstić information content (AvgIpc) is 2.39. The lowest BCUT2D eigenvalue weighted by atomic mass is 10.2. The molecule has 0 saturated heterocycles. The molecule has 0 aliphatic heterocycles. The molecule has 7 heteroatoms. The van der Waals surface area contributed by atoms with E-state index in [1.807, 2.05) is 0 Å². The van der Waals surface area contributed by atoms with Gasteiger partial charge in [0.15, 0.2) is 0 Å². The van der Waals surface area contributed by atoms with E-state index in [0.29, 0.717) is 5.75 Å². The molecule has 0 spiro atoms. The van der Waals surface area contributed by atoms with Crippen LogP contribution in [0.5, 0.6) is 5.75 Å². The fraction of sp³-hybridized carbons (Fsp3) is 0.0909. The highest BCUT2D eigenvalue weighted by atomic mass is 16.6. The van der Waals surface area contributed by atoms with E-state index in [0.717, 1.165) is 6.20 Å². The Labute approximate surface area is 103 Å². The second-order valence-corrected chi connectivity index (χ2v) is 3.07. The van der Waals surface area contributed by atoms with Gasteiger partial charge in [0.2, 0.25) is 0 Å². The number of rotatable bonds is 4. The van der Waals surface area contributed by atoms with Crippen LogP contribution in [-0.2, 0) is 0 Å². The summed E-state index contributed by atoms with van der Waals surface area (Å²) in [6.07, 6.45) is 1.11. The van der Waals surface area contributed by atoms with E-state index in [2.05, 4.69) is 5.32 Å². The average molecular weight is 244 g/mol. The molecule has 0 fully saturated rings. The standard InChI is InChI=1S/C11H8N4O3/c1-18-9-2-3-10(11(4-9)15(16)17)14-7-8(5-12)6-13/h2-4,7,14H,1H3. The lowest BCUT2D eigenvalue weighted by Crippen LogP contribution is -1.97. The van der Waals surface area contributed by atoms with E-state index in [4.69, 9.17) is 15.3 Å². The summed E-state index contributed by atoms with van der Waals surface area (Å²) in [5, 5.41) is 30.4. The second-order valence-electron chi connectivity index (χ2n) is 3.07. The SMILES string of the molecule is COc1ccc(NC=C(C#N)C#N)c([N+](=O)[O-])c1. The number of methoxy groups -OCH3 is 1. The van der Waals surface area contributed by atoms with Gasteiger partial charge in [0.1, 0.15) is 29.1 Å². The fourth-order valence-electron chi connectivity index (χ4n) is 1.15. The third-order valence-electron chi connectivity index (χ3n) is 2.01. The molecule has 0 aliphatic rings. The first-order valence-corrected chi connectivity index (χ1v) is 4.71. The first-order valence-electron chi connectivity index (χ1n) is 4.71. The molecule has 0 atom stereocenters. The van der Waals surface area contributed by atoms with Crippen molar-refractivity contribution in [1.29, 1.82) is 10.5 Å². The lowest BCUT2D eigenvalue weighted by Gasteiger charge is -2.04. The predicted molar refractivity (Wildman–Crippen MR) is 62.6 cm³/mol. The van der Waals surface area contributed by atoms with Crippen LogP contribution in [0, 0.1) is 32.8 Å². The molecular weight excluding hydrogens is 236 g/mol. The van der Waals surface area contributed by atoms with Crippen LogP contribution in [-0.4, -0.2) is 12.0 Å². The molecule has 90 valence electrons. The van der Waals surface area contributed by atoms with Gasteiger partial charge in [-0.05, 0) is 12.1 Å². The number of nitro benzene ring substituents is 1. The van der Waals surface area contributed by atoms with Gasteiger partial charge < -0.3 is 10.1 Å². The minimum atomic E-state index is -0.586. The largest absolute Gasteiger partial charge is 0.496 e. The minimum absolute atomic E-state index is 0.170. The molecule has 0 aliphatic carbocycles. The summed E-state index contributed by atoms with van der Waals surface area (Å²) >= 11 is 0. The third kappa shape index (κ3) is 2.97. The Hall–Kier alpha value is -3.06. The summed E-state index contributed by atoms with van der Waals surface area (Å²) in [4.78, 5) is 10.2. The number of ether oxygens (including phenoxy) is 1. The van der Waals surface area contributed by atoms with Gasteiger partial charge in [-0.3, -0.25) is 10.1 Å². The minimum Gasteiger partial charge on any atom is -0.496 e. The Balaban J connectivity index is 3.11. The van der Waals surface area contributed by atoms with Crippen molar-refractivity contribution in [3.8, 4) is 17.9 Å². The van der Waals surface area contributed by atoms with Crippen molar-refractivity contribution in [2.24, 2.45) is 0 Å². The monoisotopic (exact) mass is 244 g/mol. The number of allylic oxidation sites excluding steroid dienone is 1. The van der Waals surface area contributed by atoms with Crippen LogP contribution in [0.1, 0.15) is 0 Å². The zero-order valence-corrected chi connectivity index (χ0v) is 9.38. The van der Waals surface area contributed by atoms with E-state index in [1.54, 1.807) is 12.1 Å². The Morgan fingerprint density at radius 3 is 2.67 bits per heavy atom. The maximum absolute atomic E-state index is 10.8. The third-order valence-corrected chi connectivity index (χ3v) is 2.01. The summed E-state index contributed by atoms with van der Waals surface area (Å²) in [5.41, 5.74) is -0.218. The summed E-state index contributed by atoms with van der Waals surface area (Å²) in [5.74, 6) is 0.344. The van der Waals surface area contributed by atoms with Gasteiger partial charge in [-0.15, -0.1) is 0 Å². The fourth-order valence-corrected chi connectivity index (χ4v) is 1.15. The molecule has 0 aromatic heterocycles. The van der Waals surface area contributed by atoms with E-state index in [1.165, 1.54) is 25.3 Å². The van der Waals surface area contributed by atoms with E-state index < -0.39 is 4.92 Å². The summed E-state index contributed by atoms with van der Waals surface area (Å²) in [7, 11) is 1.40. The molecule has 0 unspecified atom stereocenters. The number of nitro groups is 1. The summed E-state index contributed by atoms with van der Waals surface area (Å²) in [6.45, 7) is 0. The maximum atomic E-state index is 10.8. The van der Waals surface area contributed by atoms with Crippen molar-refractivity contribution in [2.75, 3.05) is 12.4 Å². The van der Waals surface area contributed by atoms with Crippen molar-refractivity contribution in [1.82, 2.24) is 0 Å². The van der Waals surface area contributed by atoms with E-state index >= 15 is 0 Å². The molecule has 1 aromatic rings. The van der Waals surface area contributed by atoms with E-state index in [9.17, 15) is 10.1 Å². The highest BCUT2D eigenvalue weighted by Gasteiger charge is 2.14. The molecule has 1 rings (SSSR count). The zero-order valence-electron chi connectivity index (χ0n) is 9.38. The highest BCUT2D eigenvalue weighted by molar-refractivity contribution is 5.65. The Kier molecular flexibility index (Phi) is 4.24. The number of nitrogens with one attached hydrogen (secondary N) is 1. The Bertz CT molecular complexity index is 565. The van der Waals surface area contributed by atoms with Crippen molar-refractivity contribution in [3.05, 3.63) is 40.1 Å². The first-order chi connectivity index (χ1) is 8.62. The molecule has 0 heterocycles. The van der Waals surface area contributed by atoms with Gasteiger partial charge in [-0.2, -0.15) is 10.5 Å².